The molecule has 0 radical (unpaired) electrons. The van der Waals surface area contributed by atoms with Crippen molar-refractivity contribution >= 4 is 18.4 Å². The summed E-state index contributed by atoms with van der Waals surface area (Å²) in [5.74, 6) is -0.110. The van der Waals surface area contributed by atoms with Crippen molar-refractivity contribution in [2.24, 2.45) is 16.5 Å². The number of hydrogen-bond donors (Lipinski definition) is 2. The summed E-state index contributed by atoms with van der Waals surface area (Å²) in [6, 6.07) is 1.37. The van der Waals surface area contributed by atoms with Crippen molar-refractivity contribution in [2.75, 3.05) is 6.54 Å². The summed E-state index contributed by atoms with van der Waals surface area (Å²) in [6.07, 6.45) is -8.09. The fraction of sp³-hybridized carbons (Fsp3) is 0.357. The van der Waals surface area contributed by atoms with E-state index in [1.54, 1.807) is 0 Å². The average molecular weight is 417 g/mol. The second-order valence-electron chi connectivity index (χ2n) is 5.38. The number of nitrogens with two attached hydrogens (primary N) is 2. The lowest BCUT2D eigenvalue weighted by Gasteiger charge is -2.14. The van der Waals surface area contributed by atoms with Gasteiger partial charge >= 0.3 is 12.4 Å². The van der Waals surface area contributed by atoms with Crippen molar-refractivity contribution in [3.8, 4) is 0 Å². The van der Waals surface area contributed by atoms with Gasteiger partial charge in [0.1, 0.15) is 0 Å². The van der Waals surface area contributed by atoms with E-state index in [9.17, 15) is 26.3 Å². The Labute approximate surface area is 155 Å². The summed E-state index contributed by atoms with van der Waals surface area (Å²) >= 11 is 0. The molecule has 0 bridgehead atoms. The van der Waals surface area contributed by atoms with Crippen LogP contribution in [0.2, 0.25) is 0 Å². The minimum atomic E-state index is -4.90. The number of halogens is 7. The Morgan fingerprint density at radius 2 is 1.56 bits per heavy atom. The Morgan fingerprint density at radius 1 is 1.00 bits per heavy atom. The molecular formula is C14H15ClF6N6. The van der Waals surface area contributed by atoms with Gasteiger partial charge < -0.3 is 11.5 Å². The second kappa shape index (κ2) is 8.46. The van der Waals surface area contributed by atoms with Gasteiger partial charge in [0, 0.05) is 19.2 Å². The summed E-state index contributed by atoms with van der Waals surface area (Å²) in [7, 11) is 0. The molecule has 0 unspecified atom stereocenters. The van der Waals surface area contributed by atoms with Gasteiger partial charge in [-0.2, -0.15) is 26.3 Å². The fourth-order valence-electron chi connectivity index (χ4n) is 2.13. The Morgan fingerprint density at radius 3 is 2.04 bits per heavy atom. The minimum absolute atomic E-state index is 0. The first-order valence-electron chi connectivity index (χ1n) is 7.18. The molecule has 0 aliphatic heterocycles. The predicted octanol–water partition coefficient (Wildman–Crippen LogP) is 2.60. The van der Waals surface area contributed by atoms with E-state index in [2.05, 4.69) is 15.3 Å². The highest BCUT2D eigenvalue weighted by molar-refractivity contribution is 5.85. The highest BCUT2D eigenvalue weighted by Crippen LogP contribution is 2.36. The van der Waals surface area contributed by atoms with Crippen LogP contribution in [0.5, 0.6) is 0 Å². The van der Waals surface area contributed by atoms with Gasteiger partial charge in [-0.15, -0.1) is 17.5 Å². The maximum Gasteiger partial charge on any atom is 0.416 e. The topological polar surface area (TPSA) is 95.1 Å². The van der Waals surface area contributed by atoms with Crippen LogP contribution < -0.4 is 11.5 Å². The van der Waals surface area contributed by atoms with Crippen LogP contribution in [0.1, 0.15) is 22.4 Å². The maximum atomic E-state index is 12.8. The Kier molecular flexibility index (Phi) is 7.06. The van der Waals surface area contributed by atoms with Crippen LogP contribution in [0.3, 0.4) is 0 Å². The first-order chi connectivity index (χ1) is 11.9. The summed E-state index contributed by atoms with van der Waals surface area (Å²) < 4.78 is 78.2. The molecule has 1 heterocycles. The zero-order chi connectivity index (χ0) is 19.5. The molecule has 4 N–H and O–H groups in total. The van der Waals surface area contributed by atoms with Gasteiger partial charge in [-0.1, -0.05) is 5.21 Å². The molecule has 0 spiro atoms. The molecule has 0 amide bonds. The summed E-state index contributed by atoms with van der Waals surface area (Å²) in [5, 5.41) is 7.46. The molecule has 0 atom stereocenters. The Bertz CT molecular complexity index is 762. The number of benzene rings is 1. The Balaban J connectivity index is 0.00000364. The third kappa shape index (κ3) is 6.62. The lowest BCUT2D eigenvalue weighted by atomic mass is 10.0. The number of hydrogen-bond acceptors (Lipinski definition) is 3. The lowest BCUT2D eigenvalue weighted by Crippen LogP contribution is -2.23. The van der Waals surface area contributed by atoms with Crippen molar-refractivity contribution in [3.63, 3.8) is 0 Å². The summed E-state index contributed by atoms with van der Waals surface area (Å²) in [6.45, 7) is -0.0783. The van der Waals surface area contributed by atoms with Gasteiger partial charge in [0.2, 0.25) is 0 Å². The normalized spacial score (nSPS) is 11.8. The zero-order valence-electron chi connectivity index (χ0n) is 13.6. The molecule has 0 aliphatic carbocycles. The van der Waals surface area contributed by atoms with E-state index in [1.165, 1.54) is 6.20 Å². The molecule has 2 rings (SSSR count). The Hall–Kier alpha value is -2.50. The van der Waals surface area contributed by atoms with E-state index >= 15 is 0 Å². The van der Waals surface area contributed by atoms with Gasteiger partial charge in [0.05, 0.1) is 23.4 Å². The van der Waals surface area contributed by atoms with E-state index in [0.29, 0.717) is 24.2 Å². The van der Waals surface area contributed by atoms with E-state index in [0.717, 1.165) is 4.68 Å². The highest BCUT2D eigenvalue weighted by Gasteiger charge is 2.36. The molecule has 150 valence electrons. The van der Waals surface area contributed by atoms with Gasteiger partial charge in [0.15, 0.2) is 5.96 Å². The van der Waals surface area contributed by atoms with Crippen LogP contribution in [0.25, 0.3) is 0 Å². The molecule has 1 aromatic heterocycles. The molecule has 0 saturated heterocycles. The highest BCUT2D eigenvalue weighted by atomic mass is 35.5. The van der Waals surface area contributed by atoms with Crippen LogP contribution >= 0.6 is 12.4 Å². The number of aromatic nitrogens is 3. The van der Waals surface area contributed by atoms with Gasteiger partial charge in [-0.25, -0.2) is 4.68 Å². The number of rotatable bonds is 5. The number of alkyl halides is 6. The third-order valence-corrected chi connectivity index (χ3v) is 3.24. The monoisotopic (exact) mass is 416 g/mol. The van der Waals surface area contributed by atoms with Crippen LogP contribution in [0.4, 0.5) is 26.3 Å². The first-order valence-corrected chi connectivity index (χ1v) is 7.18. The van der Waals surface area contributed by atoms with Gasteiger partial charge in [-0.05, 0) is 23.8 Å². The van der Waals surface area contributed by atoms with Gasteiger partial charge in [0.25, 0.3) is 0 Å². The fourth-order valence-corrected chi connectivity index (χ4v) is 2.13. The smallest absolute Gasteiger partial charge is 0.370 e. The largest absolute Gasteiger partial charge is 0.416 e. The minimum Gasteiger partial charge on any atom is -0.370 e. The first kappa shape index (κ1) is 22.5. The quantitative estimate of drug-likeness (QED) is 0.445. The molecule has 0 aliphatic rings. The zero-order valence-corrected chi connectivity index (χ0v) is 14.4. The van der Waals surface area contributed by atoms with E-state index in [1.807, 2.05) is 0 Å². The second-order valence-corrected chi connectivity index (χ2v) is 5.38. The van der Waals surface area contributed by atoms with Crippen LogP contribution in [0, 0.1) is 0 Å². The summed E-state index contributed by atoms with van der Waals surface area (Å²) in [4.78, 5) is 3.74. The van der Waals surface area contributed by atoms with Crippen molar-refractivity contribution in [2.45, 2.75) is 25.3 Å². The van der Waals surface area contributed by atoms with Gasteiger partial charge in [-0.3, -0.25) is 4.99 Å². The SMILES string of the molecule is Cl.NC(N)=NCCc1cn(Cc2cc(C(F)(F)F)cc(C(F)(F)F)c2)nn1. The molecule has 0 fully saturated rings. The maximum absolute atomic E-state index is 12.8. The van der Waals surface area contributed by atoms with Crippen LogP contribution in [-0.4, -0.2) is 27.5 Å². The average Bonchev–Trinajstić information content (AvgIpc) is 2.92. The number of nitrogens with zero attached hydrogens (tertiary/aromatic N) is 4. The van der Waals surface area contributed by atoms with E-state index in [4.69, 9.17) is 11.5 Å². The van der Waals surface area contributed by atoms with Crippen LogP contribution in [0.15, 0.2) is 29.4 Å². The van der Waals surface area contributed by atoms with Crippen molar-refractivity contribution in [1.82, 2.24) is 15.0 Å². The van der Waals surface area contributed by atoms with Crippen molar-refractivity contribution in [3.05, 3.63) is 46.8 Å². The molecule has 13 heteroatoms. The molecule has 0 saturated carbocycles. The molecule has 6 nitrogen and oxygen atoms in total. The van der Waals surface area contributed by atoms with E-state index in [-0.39, 0.29) is 43.1 Å². The summed E-state index contributed by atoms with van der Waals surface area (Å²) in [5.41, 5.74) is 7.81. The van der Waals surface area contributed by atoms with Crippen molar-refractivity contribution < 1.29 is 26.3 Å². The molecule has 2 aromatic rings. The number of guanidine groups is 1. The standard InChI is InChI=1S/C14H14F6N6.ClH/c15-13(16,17)9-3-8(4-10(5-9)14(18,19)20)6-26-7-11(24-25-26)1-2-23-12(21)22;/h3-5,7H,1-2,6H2,(H4,21,22,23);1H. The molecule has 27 heavy (non-hydrogen) atoms. The third-order valence-electron chi connectivity index (χ3n) is 3.24. The number of aliphatic imine (C=N–C) groups is 1. The van der Waals surface area contributed by atoms with E-state index < -0.39 is 23.5 Å². The van der Waals surface area contributed by atoms with Crippen LogP contribution in [-0.2, 0) is 25.3 Å². The predicted molar refractivity (Wildman–Crippen MR) is 87.2 cm³/mol. The van der Waals surface area contributed by atoms with Crippen molar-refractivity contribution in [1.29, 1.82) is 0 Å². The molecule has 1 aromatic carbocycles. The lowest BCUT2D eigenvalue weighted by molar-refractivity contribution is -0.143. The molecular weight excluding hydrogens is 402 g/mol.